The summed E-state index contributed by atoms with van der Waals surface area (Å²) in [6, 6.07) is 8.06. The van der Waals surface area contributed by atoms with Crippen molar-refractivity contribution < 1.29 is 0 Å². The van der Waals surface area contributed by atoms with Crippen LogP contribution in [0.4, 0.5) is 0 Å². The van der Waals surface area contributed by atoms with Gasteiger partial charge in [0.1, 0.15) is 0 Å². The maximum atomic E-state index is 6.21. The van der Waals surface area contributed by atoms with E-state index >= 15 is 0 Å². The van der Waals surface area contributed by atoms with Gasteiger partial charge in [-0.2, -0.15) is 0 Å². The van der Waals surface area contributed by atoms with Crippen LogP contribution in [0.2, 0.25) is 5.02 Å². The summed E-state index contributed by atoms with van der Waals surface area (Å²) in [5.41, 5.74) is 5.99. The monoisotopic (exact) mass is 255 g/mol. The molecule has 2 rings (SSSR count). The summed E-state index contributed by atoms with van der Waals surface area (Å²) in [5.74, 6) is 0.679. The molecule has 1 aromatic carbocycles. The summed E-state index contributed by atoms with van der Waals surface area (Å²) in [6.07, 6.45) is 3.78. The number of benzene rings is 1. The maximum absolute atomic E-state index is 6.21. The summed E-state index contributed by atoms with van der Waals surface area (Å²) in [4.78, 5) is 1.17. The van der Waals surface area contributed by atoms with E-state index in [2.05, 4.69) is 13.0 Å². The van der Waals surface area contributed by atoms with Crippen molar-refractivity contribution in [2.75, 3.05) is 6.54 Å². The van der Waals surface area contributed by atoms with Gasteiger partial charge in [0.2, 0.25) is 0 Å². The number of hydrogen-bond donors (Lipinski definition) is 1. The van der Waals surface area contributed by atoms with E-state index in [0.717, 1.165) is 11.6 Å². The van der Waals surface area contributed by atoms with Gasteiger partial charge in [-0.1, -0.05) is 37.1 Å². The normalized spacial score (nSPS) is 29.6. The van der Waals surface area contributed by atoms with Gasteiger partial charge in [-0.05, 0) is 30.9 Å². The van der Waals surface area contributed by atoms with Gasteiger partial charge < -0.3 is 5.73 Å². The highest BCUT2D eigenvalue weighted by Crippen LogP contribution is 2.49. The Labute approximate surface area is 107 Å². The smallest absolute Gasteiger partial charge is 0.0542 e. The first kappa shape index (κ1) is 12.3. The van der Waals surface area contributed by atoms with Crippen molar-refractivity contribution in [2.45, 2.75) is 35.8 Å². The Morgan fingerprint density at radius 3 is 2.81 bits per heavy atom. The first-order valence-electron chi connectivity index (χ1n) is 5.81. The lowest BCUT2D eigenvalue weighted by atomic mass is 9.97. The Morgan fingerprint density at radius 1 is 1.50 bits per heavy atom. The predicted molar refractivity (Wildman–Crippen MR) is 72.1 cm³/mol. The van der Waals surface area contributed by atoms with Crippen molar-refractivity contribution in [1.82, 2.24) is 0 Å². The molecule has 1 aliphatic carbocycles. The third kappa shape index (κ3) is 2.24. The van der Waals surface area contributed by atoms with E-state index in [0.29, 0.717) is 5.92 Å². The lowest BCUT2D eigenvalue weighted by Gasteiger charge is -2.32. The highest BCUT2D eigenvalue weighted by molar-refractivity contribution is 8.00. The molecular formula is C13H18ClNS. The van der Waals surface area contributed by atoms with Crippen molar-refractivity contribution in [3.8, 4) is 0 Å². The second-order valence-electron chi connectivity index (χ2n) is 4.59. The zero-order valence-electron chi connectivity index (χ0n) is 9.58. The molecule has 1 aliphatic rings. The molecule has 3 heteroatoms. The predicted octanol–water partition coefficient (Wildman–Crippen LogP) is 3.95. The highest BCUT2D eigenvalue weighted by atomic mass is 35.5. The molecule has 1 nitrogen and oxygen atoms in total. The van der Waals surface area contributed by atoms with Crippen molar-refractivity contribution >= 4 is 23.4 Å². The second kappa shape index (κ2) is 4.99. The second-order valence-corrected chi connectivity index (χ2v) is 6.46. The van der Waals surface area contributed by atoms with E-state index in [4.69, 9.17) is 17.3 Å². The van der Waals surface area contributed by atoms with Crippen LogP contribution in [0.1, 0.15) is 26.2 Å². The molecule has 0 radical (unpaired) electrons. The fraction of sp³-hybridized carbons (Fsp3) is 0.538. The SMILES string of the molecule is CC1CCCC1(CN)Sc1ccccc1Cl. The molecule has 0 aliphatic heterocycles. The van der Waals surface area contributed by atoms with Gasteiger partial charge in [0.25, 0.3) is 0 Å². The van der Waals surface area contributed by atoms with Crippen LogP contribution < -0.4 is 5.73 Å². The first-order chi connectivity index (χ1) is 7.68. The van der Waals surface area contributed by atoms with E-state index in [1.54, 1.807) is 0 Å². The number of hydrogen-bond acceptors (Lipinski definition) is 2. The molecule has 88 valence electrons. The fourth-order valence-electron chi connectivity index (χ4n) is 2.46. The van der Waals surface area contributed by atoms with E-state index in [1.807, 2.05) is 30.0 Å². The third-order valence-electron chi connectivity index (χ3n) is 3.63. The third-order valence-corrected chi connectivity index (χ3v) is 5.83. The summed E-state index contributed by atoms with van der Waals surface area (Å²) < 4.78 is 0.199. The van der Waals surface area contributed by atoms with Crippen LogP contribution in [-0.2, 0) is 0 Å². The molecule has 2 unspecified atom stereocenters. The van der Waals surface area contributed by atoms with Crippen molar-refractivity contribution in [3.05, 3.63) is 29.3 Å². The van der Waals surface area contributed by atoms with Crippen molar-refractivity contribution in [1.29, 1.82) is 0 Å². The Bertz CT molecular complexity index is 369. The van der Waals surface area contributed by atoms with Gasteiger partial charge in [0.05, 0.1) is 5.02 Å². The molecule has 16 heavy (non-hydrogen) atoms. The van der Waals surface area contributed by atoms with E-state index in [9.17, 15) is 0 Å². The molecule has 0 spiro atoms. The van der Waals surface area contributed by atoms with Gasteiger partial charge in [-0.3, -0.25) is 0 Å². The lowest BCUT2D eigenvalue weighted by molar-refractivity contribution is 0.476. The quantitative estimate of drug-likeness (QED) is 0.885. The van der Waals surface area contributed by atoms with Crippen LogP contribution in [0.25, 0.3) is 0 Å². The Balaban J connectivity index is 2.22. The van der Waals surface area contributed by atoms with Crippen LogP contribution in [0.3, 0.4) is 0 Å². The molecule has 0 heterocycles. The van der Waals surface area contributed by atoms with Gasteiger partial charge >= 0.3 is 0 Å². The molecule has 1 aromatic rings. The molecule has 0 amide bonds. The van der Waals surface area contributed by atoms with Gasteiger partial charge in [0, 0.05) is 16.2 Å². The van der Waals surface area contributed by atoms with Crippen LogP contribution in [0.15, 0.2) is 29.2 Å². The lowest BCUT2D eigenvalue weighted by Crippen LogP contribution is -2.36. The van der Waals surface area contributed by atoms with Crippen molar-refractivity contribution in [2.24, 2.45) is 11.7 Å². The minimum Gasteiger partial charge on any atom is -0.329 e. The molecule has 0 bridgehead atoms. The Kier molecular flexibility index (Phi) is 3.83. The molecule has 1 fully saturated rings. The summed E-state index contributed by atoms with van der Waals surface area (Å²) in [6.45, 7) is 3.05. The van der Waals surface area contributed by atoms with E-state index in [-0.39, 0.29) is 4.75 Å². The summed E-state index contributed by atoms with van der Waals surface area (Å²) in [5, 5.41) is 0.847. The van der Waals surface area contributed by atoms with E-state index in [1.165, 1.54) is 24.2 Å². The standard InChI is InChI=1S/C13H18ClNS/c1-10-5-4-8-13(10,9-15)16-12-7-3-2-6-11(12)14/h2-3,6-7,10H,4-5,8-9,15H2,1H3. The largest absolute Gasteiger partial charge is 0.329 e. The van der Waals surface area contributed by atoms with Gasteiger partial charge in [0.15, 0.2) is 0 Å². The molecule has 1 saturated carbocycles. The zero-order chi connectivity index (χ0) is 11.6. The van der Waals surface area contributed by atoms with Crippen LogP contribution >= 0.6 is 23.4 Å². The maximum Gasteiger partial charge on any atom is 0.0542 e. The minimum absolute atomic E-state index is 0.199. The van der Waals surface area contributed by atoms with Crippen molar-refractivity contribution in [3.63, 3.8) is 0 Å². The fourth-order valence-corrected chi connectivity index (χ4v) is 4.11. The molecule has 2 atom stereocenters. The molecular weight excluding hydrogens is 238 g/mol. The molecule has 0 saturated heterocycles. The van der Waals surface area contributed by atoms with Crippen LogP contribution in [0, 0.1) is 5.92 Å². The van der Waals surface area contributed by atoms with Crippen LogP contribution in [0.5, 0.6) is 0 Å². The minimum atomic E-state index is 0.199. The summed E-state index contributed by atoms with van der Waals surface area (Å²) in [7, 11) is 0. The number of nitrogens with two attached hydrogens (primary N) is 1. The number of halogens is 1. The van der Waals surface area contributed by atoms with Gasteiger partial charge in [-0.15, -0.1) is 11.8 Å². The van der Waals surface area contributed by atoms with Gasteiger partial charge in [-0.25, -0.2) is 0 Å². The Morgan fingerprint density at radius 2 is 2.25 bits per heavy atom. The topological polar surface area (TPSA) is 26.0 Å². The Hall–Kier alpha value is -0.180. The van der Waals surface area contributed by atoms with Crippen LogP contribution in [-0.4, -0.2) is 11.3 Å². The zero-order valence-corrected chi connectivity index (χ0v) is 11.2. The highest BCUT2D eigenvalue weighted by Gasteiger charge is 2.40. The summed E-state index contributed by atoms with van der Waals surface area (Å²) >= 11 is 8.08. The molecule has 2 N–H and O–H groups in total. The average Bonchev–Trinajstić information content (AvgIpc) is 2.64. The first-order valence-corrected chi connectivity index (χ1v) is 7.01. The number of thioether (sulfide) groups is 1. The van der Waals surface area contributed by atoms with E-state index < -0.39 is 0 Å². The number of rotatable bonds is 3. The molecule has 0 aromatic heterocycles. The average molecular weight is 256 g/mol.